The van der Waals surface area contributed by atoms with E-state index in [0.29, 0.717) is 19.1 Å². The average Bonchev–Trinajstić information content (AvgIpc) is 2.02. The lowest BCUT2D eigenvalue weighted by Crippen LogP contribution is -2.13. The van der Waals surface area contributed by atoms with Crippen molar-refractivity contribution in [1.29, 1.82) is 0 Å². The molecule has 1 aliphatic heterocycles. The van der Waals surface area contributed by atoms with E-state index in [9.17, 15) is 8.42 Å². The van der Waals surface area contributed by atoms with Crippen LogP contribution in [0.1, 0.15) is 12.8 Å². The van der Waals surface area contributed by atoms with Gasteiger partial charge in [0.2, 0.25) is 0 Å². The fourth-order valence-electron chi connectivity index (χ4n) is 1.11. The van der Waals surface area contributed by atoms with E-state index in [0.717, 1.165) is 18.2 Å². The van der Waals surface area contributed by atoms with Crippen LogP contribution >= 0.6 is 10.7 Å². The molecule has 1 fully saturated rings. The van der Waals surface area contributed by atoms with Crippen LogP contribution in [0, 0.1) is 5.92 Å². The molecular weight excluding hydrogens is 200 g/mol. The van der Waals surface area contributed by atoms with Crippen LogP contribution in [0.25, 0.3) is 0 Å². The predicted molar refractivity (Wildman–Crippen MR) is 47.5 cm³/mol. The second-order valence-corrected chi connectivity index (χ2v) is 5.27. The highest BCUT2D eigenvalue weighted by Gasteiger charge is 2.11. The highest BCUT2D eigenvalue weighted by atomic mass is 35.7. The van der Waals surface area contributed by atoms with Crippen molar-refractivity contribution in [1.82, 2.24) is 0 Å². The number of ether oxygens (including phenoxy) is 1. The maximum Gasteiger partial charge on any atom is 0.254 e. The Hall–Kier alpha value is -0.0600. The van der Waals surface area contributed by atoms with Gasteiger partial charge in [0.05, 0.1) is 0 Å². The number of hydrogen-bond donors (Lipinski definition) is 0. The smallest absolute Gasteiger partial charge is 0.254 e. The third-order valence-electron chi connectivity index (χ3n) is 1.78. The van der Waals surface area contributed by atoms with E-state index in [1.807, 2.05) is 0 Å². The normalized spacial score (nSPS) is 21.8. The molecule has 0 saturated carbocycles. The average molecular weight is 211 g/mol. The summed E-state index contributed by atoms with van der Waals surface area (Å²) in [4.78, 5) is 0. The second kappa shape index (κ2) is 4.25. The molecule has 0 atom stereocenters. The number of hydrogen-bond acceptors (Lipinski definition) is 3. The Morgan fingerprint density at radius 1 is 1.33 bits per heavy atom. The minimum absolute atomic E-state index is 0.298. The third kappa shape index (κ3) is 4.09. The summed E-state index contributed by atoms with van der Waals surface area (Å²) in [5.74, 6) is 0.298. The first-order chi connectivity index (χ1) is 5.58. The van der Waals surface area contributed by atoms with Gasteiger partial charge in [-0.2, -0.15) is 0 Å². The SMILES string of the molecule is O=S(=O)(Cl)/C=C\C1CCOCC1. The predicted octanol–water partition coefficient (Wildman–Crippen LogP) is 1.50. The summed E-state index contributed by atoms with van der Waals surface area (Å²) in [7, 11) is 1.53. The largest absolute Gasteiger partial charge is 0.381 e. The van der Waals surface area contributed by atoms with Gasteiger partial charge in [0.15, 0.2) is 0 Å². The van der Waals surface area contributed by atoms with E-state index in [1.165, 1.54) is 0 Å². The van der Waals surface area contributed by atoms with Crippen LogP contribution in [0.4, 0.5) is 0 Å². The monoisotopic (exact) mass is 210 g/mol. The van der Waals surface area contributed by atoms with Crippen LogP contribution < -0.4 is 0 Å². The Kier molecular flexibility index (Phi) is 3.55. The highest BCUT2D eigenvalue weighted by molar-refractivity contribution is 8.16. The van der Waals surface area contributed by atoms with Gasteiger partial charge in [-0.25, -0.2) is 8.42 Å². The molecule has 0 aromatic rings. The molecule has 0 amide bonds. The van der Waals surface area contributed by atoms with Crippen molar-refractivity contribution in [2.24, 2.45) is 5.92 Å². The minimum atomic E-state index is -3.47. The first kappa shape index (κ1) is 10.0. The number of allylic oxidation sites excluding steroid dienone is 1. The first-order valence-electron chi connectivity index (χ1n) is 3.78. The lowest BCUT2D eigenvalue weighted by Gasteiger charge is -2.18. The molecule has 1 saturated heterocycles. The fourth-order valence-corrected chi connectivity index (χ4v) is 1.70. The van der Waals surface area contributed by atoms with Gasteiger partial charge in [-0.1, -0.05) is 6.08 Å². The molecule has 0 bridgehead atoms. The van der Waals surface area contributed by atoms with Gasteiger partial charge in [0.1, 0.15) is 0 Å². The summed E-state index contributed by atoms with van der Waals surface area (Å²) in [6, 6.07) is 0. The third-order valence-corrected chi connectivity index (χ3v) is 2.57. The topological polar surface area (TPSA) is 43.4 Å². The van der Waals surface area contributed by atoms with Crippen LogP contribution in [0.5, 0.6) is 0 Å². The standard InChI is InChI=1S/C7H11ClO3S/c8-12(9,10)6-3-7-1-4-11-5-2-7/h3,6-7H,1-2,4-5H2/b6-3-. The summed E-state index contributed by atoms with van der Waals surface area (Å²) in [5, 5.41) is 1.06. The van der Waals surface area contributed by atoms with Gasteiger partial charge in [-0.3, -0.25) is 0 Å². The van der Waals surface area contributed by atoms with Crippen LogP contribution in [0.15, 0.2) is 11.5 Å². The lowest BCUT2D eigenvalue weighted by molar-refractivity contribution is 0.0786. The Morgan fingerprint density at radius 2 is 1.92 bits per heavy atom. The van der Waals surface area contributed by atoms with E-state index in [4.69, 9.17) is 15.4 Å². The minimum Gasteiger partial charge on any atom is -0.381 e. The van der Waals surface area contributed by atoms with Gasteiger partial charge in [0, 0.05) is 29.3 Å². The van der Waals surface area contributed by atoms with Gasteiger partial charge >= 0.3 is 0 Å². The maximum absolute atomic E-state index is 10.5. The van der Waals surface area contributed by atoms with E-state index >= 15 is 0 Å². The van der Waals surface area contributed by atoms with E-state index in [-0.39, 0.29) is 0 Å². The zero-order valence-electron chi connectivity index (χ0n) is 6.57. The molecule has 1 heterocycles. The van der Waals surface area contributed by atoms with Crippen molar-refractivity contribution < 1.29 is 13.2 Å². The Labute approximate surface area is 76.8 Å². The molecular formula is C7H11ClO3S. The molecule has 5 heteroatoms. The van der Waals surface area contributed by atoms with Crippen molar-refractivity contribution in [3.05, 3.63) is 11.5 Å². The molecule has 12 heavy (non-hydrogen) atoms. The molecule has 0 aromatic carbocycles. The van der Waals surface area contributed by atoms with Crippen molar-refractivity contribution in [3.63, 3.8) is 0 Å². The molecule has 3 nitrogen and oxygen atoms in total. The van der Waals surface area contributed by atoms with Gasteiger partial charge in [-0.05, 0) is 18.8 Å². The van der Waals surface area contributed by atoms with Crippen LogP contribution in [0.2, 0.25) is 0 Å². The molecule has 0 aromatic heterocycles. The first-order valence-corrected chi connectivity index (χ1v) is 6.16. The van der Waals surface area contributed by atoms with Crippen LogP contribution in [-0.4, -0.2) is 21.6 Å². The van der Waals surface area contributed by atoms with Crippen LogP contribution in [0.3, 0.4) is 0 Å². The summed E-state index contributed by atoms with van der Waals surface area (Å²) < 4.78 is 26.2. The summed E-state index contributed by atoms with van der Waals surface area (Å²) in [5.41, 5.74) is 0. The van der Waals surface area contributed by atoms with E-state index in [1.54, 1.807) is 6.08 Å². The number of rotatable bonds is 2. The fraction of sp³-hybridized carbons (Fsp3) is 0.714. The van der Waals surface area contributed by atoms with Gasteiger partial charge in [0.25, 0.3) is 9.05 Å². The Morgan fingerprint density at radius 3 is 2.42 bits per heavy atom. The molecule has 0 unspecified atom stereocenters. The van der Waals surface area contributed by atoms with E-state index in [2.05, 4.69) is 0 Å². The van der Waals surface area contributed by atoms with Crippen molar-refractivity contribution in [2.75, 3.05) is 13.2 Å². The molecule has 0 spiro atoms. The zero-order chi connectivity index (χ0) is 9.03. The Bertz CT molecular complexity index is 252. The number of halogens is 1. The van der Waals surface area contributed by atoms with Crippen molar-refractivity contribution in [2.45, 2.75) is 12.8 Å². The molecule has 0 radical (unpaired) electrons. The zero-order valence-corrected chi connectivity index (χ0v) is 8.14. The maximum atomic E-state index is 10.5. The summed E-state index contributed by atoms with van der Waals surface area (Å²) in [6.07, 6.45) is 3.40. The molecule has 1 aliphatic rings. The van der Waals surface area contributed by atoms with Crippen LogP contribution in [-0.2, 0) is 13.8 Å². The second-order valence-electron chi connectivity index (χ2n) is 2.75. The van der Waals surface area contributed by atoms with Gasteiger partial charge in [-0.15, -0.1) is 0 Å². The Balaban J connectivity index is 2.44. The van der Waals surface area contributed by atoms with Gasteiger partial charge < -0.3 is 4.74 Å². The molecule has 70 valence electrons. The molecule has 1 rings (SSSR count). The molecule has 0 N–H and O–H groups in total. The highest BCUT2D eigenvalue weighted by Crippen LogP contribution is 2.16. The molecule has 0 aliphatic carbocycles. The quantitative estimate of drug-likeness (QED) is 0.649. The van der Waals surface area contributed by atoms with E-state index < -0.39 is 9.05 Å². The summed E-state index contributed by atoms with van der Waals surface area (Å²) in [6.45, 7) is 1.41. The van der Waals surface area contributed by atoms with Crippen molar-refractivity contribution in [3.8, 4) is 0 Å². The lowest BCUT2D eigenvalue weighted by atomic mass is 10.0. The summed E-state index contributed by atoms with van der Waals surface area (Å²) >= 11 is 0. The van der Waals surface area contributed by atoms with Crippen molar-refractivity contribution >= 4 is 19.7 Å².